The molecule has 0 atom stereocenters. The van der Waals surface area contributed by atoms with Crippen LogP contribution >= 0.6 is 0 Å². The van der Waals surface area contributed by atoms with E-state index in [1.165, 1.54) is 0 Å². The molecule has 0 N–H and O–H groups in total. The van der Waals surface area contributed by atoms with Crippen LogP contribution in [0.4, 0.5) is 0 Å². The summed E-state index contributed by atoms with van der Waals surface area (Å²) in [6.07, 6.45) is 4.82. The second kappa shape index (κ2) is 8.24. The molecule has 0 radical (unpaired) electrons. The summed E-state index contributed by atoms with van der Waals surface area (Å²) in [5, 5.41) is 0. The Hall–Kier alpha value is -1.09. The molecular weight excluding hydrogens is 190 g/mol. The topological polar surface area (TPSA) is 30.8 Å². The Balaban J connectivity index is 0.000000921. The van der Waals surface area contributed by atoms with E-state index < -0.39 is 0 Å². The van der Waals surface area contributed by atoms with Crippen LogP contribution in [0.5, 0.6) is 0 Å². The van der Waals surface area contributed by atoms with Crippen molar-refractivity contribution < 1.29 is 9.47 Å². The first-order chi connectivity index (χ1) is 7.24. The van der Waals surface area contributed by atoms with E-state index in [1.54, 1.807) is 7.11 Å². The molecule has 0 aliphatic carbocycles. The van der Waals surface area contributed by atoms with Gasteiger partial charge in [-0.2, -0.15) is 0 Å². The van der Waals surface area contributed by atoms with E-state index in [9.17, 15) is 0 Å². The molecular formula is C12H21NO2. The maximum atomic E-state index is 5.37. The van der Waals surface area contributed by atoms with Gasteiger partial charge in [0.25, 0.3) is 0 Å². The fourth-order valence-electron chi connectivity index (χ4n) is 1.14. The summed E-state index contributed by atoms with van der Waals surface area (Å²) in [4.78, 5) is 4.34. The van der Waals surface area contributed by atoms with Gasteiger partial charge in [-0.15, -0.1) is 0 Å². The Kier molecular flexibility index (Phi) is 7.64. The van der Waals surface area contributed by atoms with Gasteiger partial charge in [-0.1, -0.05) is 19.9 Å². The van der Waals surface area contributed by atoms with Crippen LogP contribution in [-0.2, 0) is 9.47 Å². The first kappa shape index (κ1) is 13.9. The Morgan fingerprint density at radius 1 is 1.33 bits per heavy atom. The third-order valence-corrected chi connectivity index (χ3v) is 1.76. The minimum absolute atomic E-state index is 0.287. The summed E-state index contributed by atoms with van der Waals surface area (Å²) < 4.78 is 10.2. The molecule has 0 fully saturated rings. The second-order valence-corrected chi connectivity index (χ2v) is 2.92. The van der Waals surface area contributed by atoms with Crippen molar-refractivity contribution in [3.63, 3.8) is 0 Å². The second-order valence-electron chi connectivity index (χ2n) is 2.92. The maximum Gasteiger partial charge on any atom is 0.188 e. The summed E-state index contributed by atoms with van der Waals surface area (Å²) in [6, 6.07) is 0. The molecule has 15 heavy (non-hydrogen) atoms. The third-order valence-electron chi connectivity index (χ3n) is 1.76. The molecule has 0 spiro atoms. The van der Waals surface area contributed by atoms with Gasteiger partial charge in [-0.05, 0) is 19.9 Å². The van der Waals surface area contributed by atoms with E-state index in [0.717, 1.165) is 23.6 Å². The third kappa shape index (κ3) is 5.37. The largest absolute Gasteiger partial charge is 0.470 e. The van der Waals surface area contributed by atoms with Gasteiger partial charge in [0.05, 0.1) is 5.70 Å². The van der Waals surface area contributed by atoms with Crippen LogP contribution < -0.4 is 0 Å². The molecule has 1 aliphatic heterocycles. The van der Waals surface area contributed by atoms with Gasteiger partial charge in [0.15, 0.2) is 6.79 Å². The quantitative estimate of drug-likeness (QED) is 0.671. The molecule has 0 saturated carbocycles. The van der Waals surface area contributed by atoms with Crippen molar-refractivity contribution in [1.82, 2.24) is 0 Å². The fraction of sp³-hybridized carbons (Fsp3) is 0.583. The van der Waals surface area contributed by atoms with E-state index in [0.29, 0.717) is 0 Å². The zero-order valence-electron chi connectivity index (χ0n) is 10.3. The zero-order valence-corrected chi connectivity index (χ0v) is 10.3. The van der Waals surface area contributed by atoms with Crippen molar-refractivity contribution in [1.29, 1.82) is 0 Å². The normalized spacial score (nSPS) is 15.1. The molecule has 86 valence electrons. The molecule has 3 nitrogen and oxygen atoms in total. The van der Waals surface area contributed by atoms with Crippen molar-refractivity contribution >= 4 is 5.71 Å². The molecule has 0 saturated heterocycles. The summed E-state index contributed by atoms with van der Waals surface area (Å²) in [6.45, 7) is 8.20. The highest BCUT2D eigenvalue weighted by Crippen LogP contribution is 2.15. The highest BCUT2D eigenvalue weighted by Gasteiger charge is 2.04. The van der Waals surface area contributed by atoms with E-state index in [1.807, 2.05) is 39.8 Å². The Morgan fingerprint density at radius 2 is 2.00 bits per heavy atom. The lowest BCUT2D eigenvalue weighted by Crippen LogP contribution is -1.98. The molecule has 0 amide bonds. The molecule has 0 aromatic rings. The van der Waals surface area contributed by atoms with Crippen molar-refractivity contribution in [3.05, 3.63) is 23.6 Å². The van der Waals surface area contributed by atoms with Crippen LogP contribution in [0.1, 0.15) is 34.1 Å². The lowest BCUT2D eigenvalue weighted by atomic mass is 10.3. The number of methoxy groups -OCH3 is 1. The van der Waals surface area contributed by atoms with Gasteiger partial charge in [0.1, 0.15) is 5.76 Å². The van der Waals surface area contributed by atoms with Crippen LogP contribution in [0.2, 0.25) is 0 Å². The van der Waals surface area contributed by atoms with E-state index >= 15 is 0 Å². The maximum absolute atomic E-state index is 5.37. The van der Waals surface area contributed by atoms with Crippen LogP contribution in [0.25, 0.3) is 0 Å². The molecule has 1 aliphatic rings. The van der Waals surface area contributed by atoms with Crippen molar-refractivity contribution in [2.75, 3.05) is 13.9 Å². The minimum Gasteiger partial charge on any atom is -0.470 e. The molecule has 3 heteroatoms. The fourth-order valence-corrected chi connectivity index (χ4v) is 1.14. The molecule has 0 bridgehead atoms. The number of nitrogens with zero attached hydrogens (tertiary/aromatic N) is 1. The lowest BCUT2D eigenvalue weighted by Gasteiger charge is -2.08. The van der Waals surface area contributed by atoms with Crippen molar-refractivity contribution in [3.8, 4) is 0 Å². The van der Waals surface area contributed by atoms with Crippen molar-refractivity contribution in [2.45, 2.75) is 34.1 Å². The summed E-state index contributed by atoms with van der Waals surface area (Å²) in [5.74, 6) is 0.884. The standard InChI is InChI=1S/C10H15NO2.C2H6/c1-8-5-4-6-10(9(2)11-8)13-7-12-3;1-2/h4-5H,6-7H2,1-3H3;1-2H3. The van der Waals surface area contributed by atoms with Crippen LogP contribution in [-0.4, -0.2) is 19.6 Å². The summed E-state index contributed by atoms with van der Waals surface area (Å²) in [5.41, 5.74) is 1.94. The Morgan fingerprint density at radius 3 is 2.60 bits per heavy atom. The van der Waals surface area contributed by atoms with E-state index in [2.05, 4.69) is 4.99 Å². The number of hydrogen-bond acceptors (Lipinski definition) is 3. The highest BCUT2D eigenvalue weighted by atomic mass is 16.7. The Bertz CT molecular complexity index is 265. The molecule has 0 unspecified atom stereocenters. The van der Waals surface area contributed by atoms with Gasteiger partial charge >= 0.3 is 0 Å². The number of ether oxygens (including phenoxy) is 2. The first-order valence-electron chi connectivity index (χ1n) is 5.27. The number of aliphatic imine (C=N–C) groups is 1. The van der Waals surface area contributed by atoms with E-state index in [-0.39, 0.29) is 6.79 Å². The predicted octanol–water partition coefficient (Wildman–Crippen LogP) is 3.29. The minimum atomic E-state index is 0.287. The van der Waals surface area contributed by atoms with Gasteiger partial charge in [-0.3, -0.25) is 4.99 Å². The molecule has 0 aromatic carbocycles. The average molecular weight is 211 g/mol. The summed E-state index contributed by atoms with van der Waals surface area (Å²) in [7, 11) is 1.61. The van der Waals surface area contributed by atoms with Crippen LogP contribution in [0.3, 0.4) is 0 Å². The first-order valence-corrected chi connectivity index (χ1v) is 5.27. The molecule has 1 heterocycles. The zero-order chi connectivity index (χ0) is 11.7. The predicted molar refractivity (Wildman–Crippen MR) is 63.9 cm³/mol. The van der Waals surface area contributed by atoms with Gasteiger partial charge < -0.3 is 9.47 Å². The molecule has 1 rings (SSSR count). The van der Waals surface area contributed by atoms with E-state index in [4.69, 9.17) is 9.47 Å². The number of hydrogen-bond donors (Lipinski definition) is 0. The lowest BCUT2D eigenvalue weighted by molar-refractivity contribution is 0.00280. The van der Waals surface area contributed by atoms with Gasteiger partial charge in [0.2, 0.25) is 0 Å². The average Bonchev–Trinajstić information content (AvgIpc) is 2.40. The molecule has 0 aromatic heterocycles. The van der Waals surface area contributed by atoms with Gasteiger partial charge in [-0.25, -0.2) is 0 Å². The van der Waals surface area contributed by atoms with Crippen molar-refractivity contribution in [2.24, 2.45) is 4.99 Å². The van der Waals surface area contributed by atoms with Crippen LogP contribution in [0, 0.1) is 0 Å². The highest BCUT2D eigenvalue weighted by molar-refractivity contribution is 5.93. The Labute approximate surface area is 92.5 Å². The number of rotatable bonds is 3. The van der Waals surface area contributed by atoms with Crippen LogP contribution in [0.15, 0.2) is 28.6 Å². The SMILES string of the molecule is CC.COCOC1=C(C)N=C(C)C=CC1. The smallest absolute Gasteiger partial charge is 0.188 e. The summed E-state index contributed by atoms with van der Waals surface area (Å²) >= 11 is 0. The monoisotopic (exact) mass is 211 g/mol. The number of allylic oxidation sites excluding steroid dienone is 3. The van der Waals surface area contributed by atoms with Gasteiger partial charge in [0, 0.05) is 19.2 Å².